The summed E-state index contributed by atoms with van der Waals surface area (Å²) in [7, 11) is -0.753. The standard InChI is InChI=1S/C11H14N2O4S2/c14-9-1-4-13(8-2-5-19(17)6-3-8)11(12-9)18-7-10(15)16/h1,4,8H,2-3,5-7H2,(H,15,16). The van der Waals surface area contributed by atoms with E-state index in [4.69, 9.17) is 5.11 Å². The fourth-order valence-electron chi connectivity index (χ4n) is 1.97. The van der Waals surface area contributed by atoms with E-state index in [1.165, 1.54) is 6.07 Å². The molecule has 0 saturated carbocycles. The molecule has 8 heteroatoms. The molecule has 19 heavy (non-hydrogen) atoms. The molecule has 0 unspecified atom stereocenters. The van der Waals surface area contributed by atoms with Crippen LogP contribution in [0.15, 0.2) is 22.2 Å². The van der Waals surface area contributed by atoms with E-state index >= 15 is 0 Å². The van der Waals surface area contributed by atoms with E-state index in [1.54, 1.807) is 6.20 Å². The summed E-state index contributed by atoms with van der Waals surface area (Å²) in [6.45, 7) is 0. The van der Waals surface area contributed by atoms with Gasteiger partial charge in [0.05, 0.1) is 5.75 Å². The van der Waals surface area contributed by atoms with Crippen molar-refractivity contribution in [2.75, 3.05) is 17.3 Å². The second kappa shape index (κ2) is 6.33. The quantitative estimate of drug-likeness (QED) is 0.643. The molecule has 0 aromatic carbocycles. The maximum atomic E-state index is 11.3. The van der Waals surface area contributed by atoms with Crippen LogP contribution < -0.4 is 5.56 Å². The smallest absolute Gasteiger partial charge is 0.313 e. The van der Waals surface area contributed by atoms with E-state index < -0.39 is 16.8 Å². The maximum absolute atomic E-state index is 11.3. The fourth-order valence-corrected chi connectivity index (χ4v) is 4.01. The van der Waals surface area contributed by atoms with Crippen molar-refractivity contribution < 1.29 is 14.1 Å². The minimum absolute atomic E-state index is 0.130. The first-order chi connectivity index (χ1) is 9.06. The average Bonchev–Trinajstić information content (AvgIpc) is 2.38. The Morgan fingerprint density at radius 1 is 1.53 bits per heavy atom. The number of nitrogens with zero attached hydrogens (tertiary/aromatic N) is 2. The minimum Gasteiger partial charge on any atom is -0.481 e. The van der Waals surface area contributed by atoms with Gasteiger partial charge in [-0.15, -0.1) is 0 Å². The van der Waals surface area contributed by atoms with Crippen LogP contribution in [0.4, 0.5) is 0 Å². The third kappa shape index (κ3) is 3.90. The van der Waals surface area contributed by atoms with Gasteiger partial charge in [-0.25, -0.2) is 0 Å². The van der Waals surface area contributed by atoms with Crippen LogP contribution in [0.25, 0.3) is 0 Å². The van der Waals surface area contributed by atoms with Gasteiger partial charge >= 0.3 is 5.97 Å². The normalized spacial score (nSPS) is 23.2. The van der Waals surface area contributed by atoms with Gasteiger partial charge in [0.2, 0.25) is 0 Å². The minimum atomic E-state index is -0.945. The molecule has 1 aliphatic heterocycles. The first-order valence-corrected chi connectivity index (χ1v) is 8.32. The number of rotatable bonds is 4. The molecule has 1 aromatic rings. The SMILES string of the molecule is O=C(O)CSc1nc(=O)ccn1C1CCS(=O)CC1. The number of carboxylic acid groups (broad SMARTS) is 1. The Balaban J connectivity index is 2.20. The number of hydrogen-bond acceptors (Lipinski definition) is 5. The number of aliphatic carboxylic acids is 1. The van der Waals surface area contributed by atoms with Gasteiger partial charge in [-0.2, -0.15) is 4.98 Å². The molecule has 0 atom stereocenters. The van der Waals surface area contributed by atoms with Crippen LogP contribution in [-0.4, -0.2) is 42.1 Å². The van der Waals surface area contributed by atoms with E-state index in [9.17, 15) is 13.8 Å². The molecular weight excluding hydrogens is 288 g/mol. The summed E-state index contributed by atoms with van der Waals surface area (Å²) in [4.78, 5) is 25.8. The molecule has 6 nitrogen and oxygen atoms in total. The molecule has 2 rings (SSSR count). The molecule has 0 radical (unpaired) electrons. The average molecular weight is 302 g/mol. The Morgan fingerprint density at radius 2 is 2.21 bits per heavy atom. The summed E-state index contributed by atoms with van der Waals surface area (Å²) in [5, 5.41) is 9.13. The van der Waals surface area contributed by atoms with Crippen LogP contribution in [0.2, 0.25) is 0 Å². The van der Waals surface area contributed by atoms with E-state index in [-0.39, 0.29) is 17.4 Å². The van der Waals surface area contributed by atoms with Crippen molar-refractivity contribution >= 4 is 28.5 Å². The Bertz CT molecular complexity index is 548. The number of carboxylic acids is 1. The van der Waals surface area contributed by atoms with Crippen molar-refractivity contribution in [2.24, 2.45) is 0 Å². The molecule has 1 aromatic heterocycles. The zero-order chi connectivity index (χ0) is 13.8. The summed E-state index contributed by atoms with van der Waals surface area (Å²) in [6.07, 6.45) is 3.17. The van der Waals surface area contributed by atoms with E-state index in [0.717, 1.165) is 24.6 Å². The zero-order valence-corrected chi connectivity index (χ0v) is 11.8. The maximum Gasteiger partial charge on any atom is 0.313 e. The summed E-state index contributed by atoms with van der Waals surface area (Å²) in [5.41, 5.74) is -0.372. The van der Waals surface area contributed by atoms with Crippen LogP contribution >= 0.6 is 11.8 Å². The highest BCUT2D eigenvalue weighted by Gasteiger charge is 2.21. The Kier molecular flexibility index (Phi) is 4.76. The molecule has 1 aliphatic rings. The second-order valence-electron chi connectivity index (χ2n) is 4.22. The molecule has 0 bridgehead atoms. The van der Waals surface area contributed by atoms with Gasteiger partial charge in [-0.1, -0.05) is 11.8 Å². The summed E-state index contributed by atoms with van der Waals surface area (Å²) < 4.78 is 13.2. The van der Waals surface area contributed by atoms with Crippen LogP contribution in [0, 0.1) is 0 Å². The van der Waals surface area contributed by atoms with Crippen molar-refractivity contribution in [3.8, 4) is 0 Å². The Hall–Kier alpha value is -1.15. The van der Waals surface area contributed by atoms with Crippen molar-refractivity contribution in [1.82, 2.24) is 9.55 Å². The molecule has 1 saturated heterocycles. The van der Waals surface area contributed by atoms with Gasteiger partial charge in [0.1, 0.15) is 0 Å². The third-order valence-electron chi connectivity index (χ3n) is 2.88. The van der Waals surface area contributed by atoms with Gasteiger partial charge in [-0.3, -0.25) is 13.8 Å². The highest BCUT2D eigenvalue weighted by Crippen LogP contribution is 2.26. The fraction of sp³-hybridized carbons (Fsp3) is 0.545. The number of carbonyl (C=O) groups is 1. The lowest BCUT2D eigenvalue weighted by Gasteiger charge is -2.25. The lowest BCUT2D eigenvalue weighted by molar-refractivity contribution is -0.133. The van der Waals surface area contributed by atoms with Gasteiger partial charge in [0.25, 0.3) is 5.56 Å². The summed E-state index contributed by atoms with van der Waals surface area (Å²) in [6, 6.07) is 1.51. The topological polar surface area (TPSA) is 89.3 Å². The zero-order valence-electron chi connectivity index (χ0n) is 10.2. The predicted octanol–water partition coefficient (Wildman–Crippen LogP) is 0.504. The van der Waals surface area contributed by atoms with Crippen molar-refractivity contribution in [1.29, 1.82) is 0 Å². The molecule has 0 amide bonds. The third-order valence-corrected chi connectivity index (χ3v) is 5.21. The monoisotopic (exact) mass is 302 g/mol. The van der Waals surface area contributed by atoms with Gasteiger partial charge < -0.3 is 9.67 Å². The highest BCUT2D eigenvalue weighted by molar-refractivity contribution is 7.99. The second-order valence-corrected chi connectivity index (χ2v) is 6.86. The lowest BCUT2D eigenvalue weighted by Crippen LogP contribution is -2.25. The number of thioether (sulfide) groups is 1. The predicted molar refractivity (Wildman–Crippen MR) is 73.0 cm³/mol. The Labute approximate surface area is 116 Å². The first kappa shape index (κ1) is 14.3. The molecular formula is C11H14N2O4S2. The largest absolute Gasteiger partial charge is 0.481 e. The molecule has 0 aliphatic carbocycles. The van der Waals surface area contributed by atoms with Crippen LogP contribution in [-0.2, 0) is 15.6 Å². The number of aromatic nitrogens is 2. The summed E-state index contributed by atoms with van der Waals surface area (Å²) in [5.74, 6) is 0.203. The lowest BCUT2D eigenvalue weighted by atomic mass is 10.1. The summed E-state index contributed by atoms with van der Waals surface area (Å²) >= 11 is 1.04. The van der Waals surface area contributed by atoms with E-state index in [0.29, 0.717) is 16.7 Å². The molecule has 0 spiro atoms. The van der Waals surface area contributed by atoms with E-state index in [1.807, 2.05) is 4.57 Å². The van der Waals surface area contributed by atoms with Crippen LogP contribution in [0.5, 0.6) is 0 Å². The van der Waals surface area contributed by atoms with Gasteiger partial charge in [-0.05, 0) is 12.8 Å². The molecule has 1 N–H and O–H groups in total. The van der Waals surface area contributed by atoms with E-state index in [2.05, 4.69) is 4.98 Å². The van der Waals surface area contributed by atoms with Gasteiger partial charge in [0.15, 0.2) is 5.16 Å². The van der Waals surface area contributed by atoms with Crippen LogP contribution in [0.1, 0.15) is 18.9 Å². The van der Waals surface area contributed by atoms with Crippen LogP contribution in [0.3, 0.4) is 0 Å². The number of hydrogen-bond donors (Lipinski definition) is 1. The van der Waals surface area contributed by atoms with Crippen molar-refractivity contribution in [2.45, 2.75) is 24.0 Å². The van der Waals surface area contributed by atoms with Crippen molar-refractivity contribution in [3.05, 3.63) is 22.6 Å². The molecule has 104 valence electrons. The Morgan fingerprint density at radius 3 is 2.84 bits per heavy atom. The molecule has 2 heterocycles. The van der Waals surface area contributed by atoms with Gasteiger partial charge in [0, 0.05) is 40.6 Å². The van der Waals surface area contributed by atoms with Crippen molar-refractivity contribution in [3.63, 3.8) is 0 Å². The first-order valence-electron chi connectivity index (χ1n) is 5.85. The highest BCUT2D eigenvalue weighted by atomic mass is 32.2. The molecule has 1 fully saturated rings.